The smallest absolute Gasteiger partial charge is 0.255 e. The fourth-order valence-corrected chi connectivity index (χ4v) is 2.43. The average molecular weight is 305 g/mol. The number of benzene rings is 3. The Morgan fingerprint density at radius 3 is 2.52 bits per heavy atom. The Bertz CT molecular complexity index is 826. The van der Waals surface area contributed by atoms with Crippen molar-refractivity contribution in [1.29, 1.82) is 0 Å². The average Bonchev–Trinajstić information content (AvgIpc) is 2.60. The zero-order chi connectivity index (χ0) is 16.1. The molecule has 0 unspecified atom stereocenters. The van der Waals surface area contributed by atoms with Crippen molar-refractivity contribution in [1.82, 2.24) is 0 Å². The molecule has 0 spiro atoms. The second-order valence-electron chi connectivity index (χ2n) is 5.36. The van der Waals surface area contributed by atoms with Crippen molar-refractivity contribution in [3.8, 4) is 5.75 Å². The van der Waals surface area contributed by atoms with E-state index in [4.69, 9.17) is 4.74 Å². The minimum Gasteiger partial charge on any atom is -0.491 e. The fraction of sp³-hybridized carbons (Fsp3) is 0.150. The van der Waals surface area contributed by atoms with Crippen LogP contribution in [-0.2, 0) is 0 Å². The maximum Gasteiger partial charge on any atom is 0.255 e. The molecule has 3 heteroatoms. The molecule has 0 aliphatic carbocycles. The van der Waals surface area contributed by atoms with E-state index >= 15 is 0 Å². The van der Waals surface area contributed by atoms with Crippen LogP contribution in [0.5, 0.6) is 5.75 Å². The molecule has 0 radical (unpaired) electrons. The molecule has 0 saturated heterocycles. The van der Waals surface area contributed by atoms with E-state index in [9.17, 15) is 4.79 Å². The molecule has 3 rings (SSSR count). The van der Waals surface area contributed by atoms with Crippen LogP contribution in [0.4, 0.5) is 5.69 Å². The molecule has 0 heterocycles. The zero-order valence-electron chi connectivity index (χ0n) is 13.1. The first-order valence-electron chi connectivity index (χ1n) is 7.80. The van der Waals surface area contributed by atoms with E-state index in [1.165, 1.54) is 0 Å². The third-order valence-corrected chi connectivity index (χ3v) is 3.61. The summed E-state index contributed by atoms with van der Waals surface area (Å²) in [6.45, 7) is 2.68. The van der Waals surface area contributed by atoms with Crippen molar-refractivity contribution in [3.05, 3.63) is 72.3 Å². The molecule has 3 nitrogen and oxygen atoms in total. The number of carbonyl (C=O) groups excluding carboxylic acids is 1. The molecule has 0 bridgehead atoms. The predicted octanol–water partition coefficient (Wildman–Crippen LogP) is 4.88. The number of para-hydroxylation sites is 2. The number of fused-ring (bicyclic) bond motifs is 1. The van der Waals surface area contributed by atoms with Crippen LogP contribution in [0.3, 0.4) is 0 Å². The Morgan fingerprint density at radius 2 is 1.70 bits per heavy atom. The summed E-state index contributed by atoms with van der Waals surface area (Å²) in [6, 6.07) is 21.2. The van der Waals surface area contributed by atoms with Gasteiger partial charge in [0.25, 0.3) is 5.91 Å². The summed E-state index contributed by atoms with van der Waals surface area (Å²) in [6.07, 6.45) is 0.924. The maximum absolute atomic E-state index is 12.5. The fourth-order valence-electron chi connectivity index (χ4n) is 2.43. The molecule has 0 aliphatic heterocycles. The van der Waals surface area contributed by atoms with E-state index < -0.39 is 0 Å². The van der Waals surface area contributed by atoms with Gasteiger partial charge in [-0.3, -0.25) is 4.79 Å². The van der Waals surface area contributed by atoms with Crippen LogP contribution in [0.1, 0.15) is 23.7 Å². The first-order chi connectivity index (χ1) is 11.3. The lowest BCUT2D eigenvalue weighted by molar-refractivity contribution is 0.102. The molecule has 0 aromatic heterocycles. The number of anilines is 1. The van der Waals surface area contributed by atoms with Crippen LogP contribution in [0, 0.1) is 0 Å². The molecule has 0 aliphatic rings. The highest BCUT2D eigenvalue weighted by Crippen LogP contribution is 2.25. The summed E-state index contributed by atoms with van der Waals surface area (Å²) >= 11 is 0. The first-order valence-corrected chi connectivity index (χ1v) is 7.80. The molecule has 3 aromatic carbocycles. The van der Waals surface area contributed by atoms with Gasteiger partial charge in [-0.15, -0.1) is 0 Å². The van der Waals surface area contributed by atoms with Crippen LogP contribution in [0.25, 0.3) is 10.8 Å². The Kier molecular flexibility index (Phi) is 4.57. The van der Waals surface area contributed by atoms with Crippen LogP contribution in [-0.4, -0.2) is 12.5 Å². The van der Waals surface area contributed by atoms with E-state index in [0.717, 1.165) is 17.2 Å². The summed E-state index contributed by atoms with van der Waals surface area (Å²) in [7, 11) is 0. The van der Waals surface area contributed by atoms with Gasteiger partial charge in [0.05, 0.1) is 12.3 Å². The monoisotopic (exact) mass is 305 g/mol. The zero-order valence-corrected chi connectivity index (χ0v) is 13.1. The SMILES string of the molecule is CCCOc1ccccc1NC(=O)c1ccc2ccccc2c1. The number of rotatable bonds is 5. The maximum atomic E-state index is 12.5. The van der Waals surface area contributed by atoms with Gasteiger partial charge in [0.2, 0.25) is 0 Å². The van der Waals surface area contributed by atoms with E-state index in [-0.39, 0.29) is 5.91 Å². The van der Waals surface area contributed by atoms with Gasteiger partial charge in [-0.05, 0) is 41.5 Å². The Labute approximate surface area is 135 Å². The van der Waals surface area contributed by atoms with Gasteiger partial charge in [-0.2, -0.15) is 0 Å². The van der Waals surface area contributed by atoms with Crippen molar-refractivity contribution < 1.29 is 9.53 Å². The highest BCUT2D eigenvalue weighted by atomic mass is 16.5. The Hall–Kier alpha value is -2.81. The molecule has 0 fully saturated rings. The molecule has 1 amide bonds. The van der Waals surface area contributed by atoms with Crippen LogP contribution in [0.2, 0.25) is 0 Å². The summed E-state index contributed by atoms with van der Waals surface area (Å²) in [5.74, 6) is 0.562. The van der Waals surface area contributed by atoms with E-state index in [0.29, 0.717) is 23.6 Å². The summed E-state index contributed by atoms with van der Waals surface area (Å²) < 4.78 is 5.68. The number of carbonyl (C=O) groups is 1. The highest BCUT2D eigenvalue weighted by molar-refractivity contribution is 6.07. The third kappa shape index (κ3) is 3.51. The van der Waals surface area contributed by atoms with Gasteiger partial charge in [0.1, 0.15) is 5.75 Å². The largest absolute Gasteiger partial charge is 0.491 e. The number of nitrogens with one attached hydrogen (secondary N) is 1. The van der Waals surface area contributed by atoms with Crippen LogP contribution >= 0.6 is 0 Å². The van der Waals surface area contributed by atoms with Gasteiger partial charge in [-0.1, -0.05) is 49.4 Å². The molecule has 3 aromatic rings. The minimum absolute atomic E-state index is 0.136. The molecular weight excluding hydrogens is 286 g/mol. The number of amides is 1. The number of ether oxygens (including phenoxy) is 1. The highest BCUT2D eigenvalue weighted by Gasteiger charge is 2.10. The standard InChI is InChI=1S/C20H19NO2/c1-2-13-23-19-10-6-5-9-18(19)21-20(22)17-12-11-15-7-3-4-8-16(15)14-17/h3-12,14H,2,13H2,1H3,(H,21,22). The Morgan fingerprint density at radius 1 is 0.957 bits per heavy atom. The Balaban J connectivity index is 1.83. The van der Waals surface area contributed by atoms with Gasteiger partial charge in [-0.25, -0.2) is 0 Å². The summed E-state index contributed by atoms with van der Waals surface area (Å²) in [4.78, 5) is 12.5. The van der Waals surface area contributed by atoms with Gasteiger partial charge in [0, 0.05) is 5.56 Å². The van der Waals surface area contributed by atoms with Gasteiger partial charge in [0.15, 0.2) is 0 Å². The molecular formula is C20H19NO2. The quantitative estimate of drug-likeness (QED) is 0.729. The summed E-state index contributed by atoms with van der Waals surface area (Å²) in [5.41, 5.74) is 1.33. The van der Waals surface area contributed by atoms with Crippen molar-refractivity contribution in [2.45, 2.75) is 13.3 Å². The minimum atomic E-state index is -0.136. The molecule has 23 heavy (non-hydrogen) atoms. The second kappa shape index (κ2) is 6.97. The topological polar surface area (TPSA) is 38.3 Å². The third-order valence-electron chi connectivity index (χ3n) is 3.61. The summed E-state index contributed by atoms with van der Waals surface area (Å²) in [5, 5.41) is 5.11. The van der Waals surface area contributed by atoms with E-state index in [1.807, 2.05) is 66.7 Å². The van der Waals surface area contributed by atoms with Crippen LogP contribution in [0.15, 0.2) is 66.7 Å². The lowest BCUT2D eigenvalue weighted by Gasteiger charge is -2.12. The number of hydrogen-bond donors (Lipinski definition) is 1. The van der Waals surface area contributed by atoms with E-state index in [1.54, 1.807) is 0 Å². The normalized spacial score (nSPS) is 10.5. The first kappa shape index (κ1) is 15.1. The number of hydrogen-bond acceptors (Lipinski definition) is 2. The lowest BCUT2D eigenvalue weighted by atomic mass is 10.1. The molecule has 116 valence electrons. The van der Waals surface area contributed by atoms with Gasteiger partial charge < -0.3 is 10.1 Å². The van der Waals surface area contributed by atoms with Crippen molar-refractivity contribution in [2.24, 2.45) is 0 Å². The van der Waals surface area contributed by atoms with Crippen molar-refractivity contribution in [3.63, 3.8) is 0 Å². The van der Waals surface area contributed by atoms with Gasteiger partial charge >= 0.3 is 0 Å². The van der Waals surface area contributed by atoms with E-state index in [2.05, 4.69) is 12.2 Å². The van der Waals surface area contributed by atoms with Crippen molar-refractivity contribution >= 4 is 22.4 Å². The molecule has 0 saturated carbocycles. The van der Waals surface area contributed by atoms with Crippen molar-refractivity contribution in [2.75, 3.05) is 11.9 Å². The lowest BCUT2D eigenvalue weighted by Crippen LogP contribution is -2.13. The second-order valence-corrected chi connectivity index (χ2v) is 5.36. The molecule has 1 N–H and O–H groups in total. The van der Waals surface area contributed by atoms with Crippen LogP contribution < -0.4 is 10.1 Å². The molecule has 0 atom stereocenters. The predicted molar refractivity (Wildman–Crippen MR) is 94.1 cm³/mol.